The van der Waals surface area contributed by atoms with Gasteiger partial charge in [0.25, 0.3) is 0 Å². The van der Waals surface area contributed by atoms with Gasteiger partial charge in [-0.1, -0.05) is 37.3 Å². The van der Waals surface area contributed by atoms with Gasteiger partial charge in [0.15, 0.2) is 0 Å². The normalized spacial score (nSPS) is 19.5. The Balaban J connectivity index is 1.86. The molecule has 0 aromatic heterocycles. The highest BCUT2D eigenvalue weighted by Crippen LogP contribution is 2.28. The Kier molecular flexibility index (Phi) is 4.19. The first-order valence-electron chi connectivity index (χ1n) is 6.61. The van der Waals surface area contributed by atoms with E-state index >= 15 is 0 Å². The molecule has 2 nitrogen and oxygen atoms in total. The molecule has 1 aliphatic rings. The van der Waals surface area contributed by atoms with Crippen LogP contribution in [0, 0.1) is 5.41 Å². The molecule has 1 N–H and O–H groups in total. The summed E-state index contributed by atoms with van der Waals surface area (Å²) in [5.41, 5.74) is 1.90. The minimum atomic E-state index is 0.495. The second-order valence-corrected chi connectivity index (χ2v) is 5.72. The van der Waals surface area contributed by atoms with Gasteiger partial charge in [-0.3, -0.25) is 0 Å². The molecule has 1 saturated heterocycles. The van der Waals surface area contributed by atoms with E-state index in [1.807, 2.05) is 0 Å². The summed E-state index contributed by atoms with van der Waals surface area (Å²) in [5, 5.41) is 3.44. The minimum Gasteiger partial charge on any atom is -0.317 e. The summed E-state index contributed by atoms with van der Waals surface area (Å²) in [5.74, 6) is 0. The molecule has 0 amide bonds. The average molecular weight is 232 g/mol. The summed E-state index contributed by atoms with van der Waals surface area (Å²) in [4.78, 5) is 2.46. The largest absolute Gasteiger partial charge is 0.317 e. The Hall–Kier alpha value is -0.860. The van der Waals surface area contributed by atoms with Crippen LogP contribution in [0.25, 0.3) is 0 Å². The number of piperidine rings is 1. The maximum Gasteiger partial charge on any atom is 0.0230 e. The van der Waals surface area contributed by atoms with Gasteiger partial charge in [0.1, 0.15) is 0 Å². The lowest BCUT2D eigenvalue weighted by Gasteiger charge is -2.37. The Morgan fingerprint density at radius 1 is 1.18 bits per heavy atom. The van der Waals surface area contributed by atoms with Crippen molar-refractivity contribution in [3.63, 3.8) is 0 Å². The number of hydrogen-bond donors (Lipinski definition) is 1. The smallest absolute Gasteiger partial charge is 0.0230 e. The Morgan fingerprint density at radius 2 is 1.82 bits per heavy atom. The monoisotopic (exact) mass is 232 g/mol. The molecule has 0 radical (unpaired) electrons. The lowest BCUT2D eigenvalue weighted by atomic mass is 9.80. The van der Waals surface area contributed by atoms with E-state index < -0.39 is 0 Å². The lowest BCUT2D eigenvalue weighted by molar-refractivity contribution is 0.143. The van der Waals surface area contributed by atoms with Gasteiger partial charge in [-0.25, -0.2) is 0 Å². The van der Waals surface area contributed by atoms with Gasteiger partial charge in [0, 0.05) is 13.1 Å². The Labute approximate surface area is 105 Å². The van der Waals surface area contributed by atoms with Crippen LogP contribution in [0.3, 0.4) is 0 Å². The number of nitrogens with one attached hydrogen (secondary N) is 1. The van der Waals surface area contributed by atoms with Crippen molar-refractivity contribution in [2.24, 2.45) is 5.41 Å². The van der Waals surface area contributed by atoms with E-state index in [9.17, 15) is 0 Å². The van der Waals surface area contributed by atoms with Crippen molar-refractivity contribution >= 4 is 0 Å². The molecule has 17 heavy (non-hydrogen) atoms. The molecular formula is C15H24N2. The molecule has 1 aromatic rings. The van der Waals surface area contributed by atoms with Crippen molar-refractivity contribution in [3.8, 4) is 0 Å². The second kappa shape index (κ2) is 5.65. The van der Waals surface area contributed by atoms with Gasteiger partial charge in [-0.15, -0.1) is 0 Å². The maximum atomic E-state index is 3.44. The molecule has 1 fully saturated rings. The molecule has 0 bridgehead atoms. The molecule has 1 aromatic carbocycles. The van der Waals surface area contributed by atoms with Crippen molar-refractivity contribution in [1.29, 1.82) is 0 Å². The van der Waals surface area contributed by atoms with E-state index in [0.29, 0.717) is 5.41 Å². The number of rotatable bonds is 4. The Bertz CT molecular complexity index is 328. The molecular weight excluding hydrogens is 208 g/mol. The zero-order chi connectivity index (χ0) is 12.1. The van der Waals surface area contributed by atoms with E-state index in [2.05, 4.69) is 54.5 Å². The van der Waals surface area contributed by atoms with E-state index in [-0.39, 0.29) is 0 Å². The fourth-order valence-corrected chi connectivity index (χ4v) is 2.79. The molecule has 0 saturated carbocycles. The molecule has 2 rings (SSSR count). The summed E-state index contributed by atoms with van der Waals surface area (Å²) in [7, 11) is 2.24. The van der Waals surface area contributed by atoms with Gasteiger partial charge >= 0.3 is 0 Å². The van der Waals surface area contributed by atoms with Crippen LogP contribution in [0.4, 0.5) is 0 Å². The highest BCUT2D eigenvalue weighted by Gasteiger charge is 2.27. The lowest BCUT2D eigenvalue weighted by Crippen LogP contribution is -2.41. The van der Waals surface area contributed by atoms with E-state index in [1.165, 1.54) is 38.0 Å². The number of nitrogens with zero attached hydrogens (tertiary/aromatic N) is 1. The summed E-state index contributed by atoms with van der Waals surface area (Å²) in [6, 6.07) is 10.7. The van der Waals surface area contributed by atoms with Gasteiger partial charge in [0.2, 0.25) is 0 Å². The van der Waals surface area contributed by atoms with Crippen LogP contribution in [0.2, 0.25) is 0 Å². The van der Waals surface area contributed by atoms with Crippen molar-refractivity contribution in [3.05, 3.63) is 35.9 Å². The summed E-state index contributed by atoms with van der Waals surface area (Å²) in [6.45, 7) is 7.04. The predicted octanol–water partition coefficient (Wildman–Crippen LogP) is 2.51. The minimum absolute atomic E-state index is 0.495. The molecule has 0 spiro atoms. The topological polar surface area (TPSA) is 15.3 Å². The van der Waals surface area contributed by atoms with Crippen LogP contribution in [0.5, 0.6) is 0 Å². The molecule has 0 atom stereocenters. The molecule has 0 unspecified atom stereocenters. The van der Waals surface area contributed by atoms with Crippen LogP contribution >= 0.6 is 0 Å². The van der Waals surface area contributed by atoms with E-state index in [1.54, 1.807) is 0 Å². The number of benzene rings is 1. The first-order valence-corrected chi connectivity index (χ1v) is 6.61. The van der Waals surface area contributed by atoms with Gasteiger partial charge in [-0.05, 0) is 44.0 Å². The summed E-state index contributed by atoms with van der Waals surface area (Å²) >= 11 is 0. The van der Waals surface area contributed by atoms with Crippen molar-refractivity contribution in [2.45, 2.75) is 26.3 Å². The fraction of sp³-hybridized carbons (Fsp3) is 0.600. The van der Waals surface area contributed by atoms with Crippen LogP contribution in [-0.4, -0.2) is 31.6 Å². The third kappa shape index (κ3) is 3.83. The molecule has 94 valence electrons. The van der Waals surface area contributed by atoms with E-state index in [0.717, 1.165) is 6.54 Å². The van der Waals surface area contributed by atoms with Crippen molar-refractivity contribution in [2.75, 3.05) is 26.7 Å². The zero-order valence-corrected chi connectivity index (χ0v) is 11.1. The molecule has 1 aliphatic heterocycles. The first kappa shape index (κ1) is 12.6. The Morgan fingerprint density at radius 3 is 2.47 bits per heavy atom. The zero-order valence-electron chi connectivity index (χ0n) is 11.1. The molecule has 0 aliphatic carbocycles. The maximum absolute atomic E-state index is 3.44. The van der Waals surface area contributed by atoms with Crippen LogP contribution < -0.4 is 5.32 Å². The third-order valence-electron chi connectivity index (χ3n) is 3.76. The van der Waals surface area contributed by atoms with Crippen molar-refractivity contribution in [1.82, 2.24) is 10.2 Å². The molecule has 2 heteroatoms. The predicted molar refractivity (Wildman–Crippen MR) is 73.0 cm³/mol. The van der Waals surface area contributed by atoms with Crippen LogP contribution in [-0.2, 0) is 6.54 Å². The van der Waals surface area contributed by atoms with Gasteiger partial charge < -0.3 is 10.2 Å². The van der Waals surface area contributed by atoms with E-state index in [4.69, 9.17) is 0 Å². The van der Waals surface area contributed by atoms with Gasteiger partial charge in [-0.2, -0.15) is 0 Å². The fourth-order valence-electron chi connectivity index (χ4n) is 2.79. The quantitative estimate of drug-likeness (QED) is 0.858. The van der Waals surface area contributed by atoms with Crippen LogP contribution in [0.15, 0.2) is 30.3 Å². The second-order valence-electron chi connectivity index (χ2n) is 5.72. The summed E-state index contributed by atoms with van der Waals surface area (Å²) in [6.07, 6.45) is 2.60. The summed E-state index contributed by atoms with van der Waals surface area (Å²) < 4.78 is 0. The first-order chi connectivity index (χ1) is 8.18. The third-order valence-corrected chi connectivity index (χ3v) is 3.76. The number of hydrogen-bond acceptors (Lipinski definition) is 2. The van der Waals surface area contributed by atoms with Crippen LogP contribution in [0.1, 0.15) is 25.3 Å². The SMILES string of the molecule is CN(Cc1ccccc1)CC1(C)CCNCC1. The average Bonchev–Trinajstić information content (AvgIpc) is 2.30. The highest BCUT2D eigenvalue weighted by atomic mass is 15.1. The molecule has 1 heterocycles. The standard InChI is InChI=1S/C15H24N2/c1-15(8-10-16-11-9-15)13-17(2)12-14-6-4-3-5-7-14/h3-7,16H,8-13H2,1-2H3. The highest BCUT2D eigenvalue weighted by molar-refractivity contribution is 5.14. The van der Waals surface area contributed by atoms with Crippen molar-refractivity contribution < 1.29 is 0 Å². The van der Waals surface area contributed by atoms with Gasteiger partial charge in [0.05, 0.1) is 0 Å².